The standard InChI is InChI=1S/C12H14N2O6/c1-6-3-4-9(14(19)20)8(5-6)11(16)13-10(7(2)15)12(17)18/h3-5,7,10,15H,1-2H3,(H,13,16)(H,17,18)/t7-,10+/m1/s1. The zero-order valence-corrected chi connectivity index (χ0v) is 10.9. The quantitative estimate of drug-likeness (QED) is 0.531. The van der Waals surface area contributed by atoms with Crippen molar-refractivity contribution in [2.45, 2.75) is 26.0 Å². The molecule has 2 atom stereocenters. The Labute approximate surface area is 114 Å². The van der Waals surface area contributed by atoms with E-state index in [4.69, 9.17) is 5.11 Å². The lowest BCUT2D eigenvalue weighted by Crippen LogP contribution is -2.47. The Hall–Kier alpha value is -2.48. The van der Waals surface area contributed by atoms with Crippen LogP contribution in [-0.2, 0) is 4.79 Å². The first-order valence-electron chi connectivity index (χ1n) is 5.70. The number of hydrogen-bond acceptors (Lipinski definition) is 5. The Bertz CT molecular complexity index is 555. The minimum absolute atomic E-state index is 0.248. The van der Waals surface area contributed by atoms with Gasteiger partial charge in [-0.2, -0.15) is 0 Å². The molecule has 1 amide bonds. The van der Waals surface area contributed by atoms with Crippen LogP contribution in [0.2, 0.25) is 0 Å². The number of hydrogen-bond donors (Lipinski definition) is 3. The summed E-state index contributed by atoms with van der Waals surface area (Å²) in [6.07, 6.45) is -1.33. The topological polar surface area (TPSA) is 130 Å². The van der Waals surface area contributed by atoms with Crippen LogP contribution >= 0.6 is 0 Å². The first-order chi connectivity index (χ1) is 9.23. The first-order valence-corrected chi connectivity index (χ1v) is 5.70. The summed E-state index contributed by atoms with van der Waals surface area (Å²) in [5, 5.41) is 31.1. The van der Waals surface area contributed by atoms with Crippen molar-refractivity contribution in [3.8, 4) is 0 Å². The summed E-state index contributed by atoms with van der Waals surface area (Å²) in [7, 11) is 0. The average Bonchev–Trinajstić information content (AvgIpc) is 2.34. The van der Waals surface area contributed by atoms with E-state index in [9.17, 15) is 24.8 Å². The molecule has 0 radical (unpaired) electrons. The number of aliphatic hydroxyl groups excluding tert-OH is 1. The van der Waals surface area contributed by atoms with Crippen LogP contribution in [-0.4, -0.2) is 39.2 Å². The molecule has 0 saturated carbocycles. The minimum Gasteiger partial charge on any atom is -0.480 e. The number of carbonyl (C=O) groups excluding carboxylic acids is 1. The molecule has 0 spiro atoms. The van der Waals surface area contributed by atoms with Crippen LogP contribution in [0, 0.1) is 17.0 Å². The molecule has 8 nitrogen and oxygen atoms in total. The molecular formula is C12H14N2O6. The maximum Gasteiger partial charge on any atom is 0.328 e. The second-order valence-corrected chi connectivity index (χ2v) is 4.31. The van der Waals surface area contributed by atoms with Gasteiger partial charge in [-0.15, -0.1) is 0 Å². The van der Waals surface area contributed by atoms with E-state index in [0.717, 1.165) is 0 Å². The maximum absolute atomic E-state index is 12.0. The number of nitrogens with zero attached hydrogens (tertiary/aromatic N) is 1. The number of aryl methyl sites for hydroxylation is 1. The summed E-state index contributed by atoms with van der Waals surface area (Å²) in [6.45, 7) is 2.84. The lowest BCUT2D eigenvalue weighted by molar-refractivity contribution is -0.385. The van der Waals surface area contributed by atoms with E-state index < -0.39 is 34.6 Å². The highest BCUT2D eigenvalue weighted by molar-refractivity contribution is 6.00. The summed E-state index contributed by atoms with van der Waals surface area (Å²) < 4.78 is 0. The molecule has 0 saturated heterocycles. The summed E-state index contributed by atoms with van der Waals surface area (Å²) in [6, 6.07) is 2.39. The second-order valence-electron chi connectivity index (χ2n) is 4.31. The fourth-order valence-corrected chi connectivity index (χ4v) is 1.60. The molecular weight excluding hydrogens is 268 g/mol. The van der Waals surface area contributed by atoms with Gasteiger partial charge >= 0.3 is 5.97 Å². The van der Waals surface area contributed by atoms with E-state index in [1.807, 2.05) is 0 Å². The molecule has 0 fully saturated rings. The molecule has 0 unspecified atom stereocenters. The predicted octanol–water partition coefficient (Wildman–Crippen LogP) is 0.467. The number of aliphatic hydroxyl groups is 1. The van der Waals surface area contributed by atoms with Crippen LogP contribution in [0.15, 0.2) is 18.2 Å². The summed E-state index contributed by atoms with van der Waals surface area (Å²) in [5.41, 5.74) is -0.0607. The van der Waals surface area contributed by atoms with Crippen molar-refractivity contribution in [2.75, 3.05) is 0 Å². The van der Waals surface area contributed by atoms with Gasteiger partial charge in [0.15, 0.2) is 6.04 Å². The van der Waals surface area contributed by atoms with Crippen molar-refractivity contribution in [1.82, 2.24) is 5.32 Å². The van der Waals surface area contributed by atoms with Crippen molar-refractivity contribution in [2.24, 2.45) is 0 Å². The number of carbonyl (C=O) groups is 2. The Morgan fingerprint density at radius 2 is 2.00 bits per heavy atom. The van der Waals surface area contributed by atoms with Gasteiger partial charge in [0.1, 0.15) is 5.56 Å². The van der Waals surface area contributed by atoms with Crippen molar-refractivity contribution >= 4 is 17.6 Å². The number of carboxylic acid groups (broad SMARTS) is 1. The first kappa shape index (κ1) is 15.6. The maximum atomic E-state index is 12.0. The molecule has 3 N–H and O–H groups in total. The SMILES string of the molecule is Cc1ccc([N+](=O)[O-])c(C(=O)N[C@H](C(=O)O)[C@@H](C)O)c1. The highest BCUT2D eigenvalue weighted by Crippen LogP contribution is 2.20. The zero-order valence-electron chi connectivity index (χ0n) is 10.9. The van der Waals surface area contributed by atoms with Crippen molar-refractivity contribution < 1.29 is 24.7 Å². The normalized spacial score (nSPS) is 13.3. The van der Waals surface area contributed by atoms with Gasteiger partial charge in [0.25, 0.3) is 11.6 Å². The molecule has 8 heteroatoms. The molecule has 1 aromatic rings. The Balaban J connectivity index is 3.11. The van der Waals surface area contributed by atoms with E-state index in [1.165, 1.54) is 25.1 Å². The molecule has 0 bridgehead atoms. The highest BCUT2D eigenvalue weighted by Gasteiger charge is 2.28. The van der Waals surface area contributed by atoms with Gasteiger partial charge in [0.05, 0.1) is 11.0 Å². The lowest BCUT2D eigenvalue weighted by Gasteiger charge is -2.17. The number of nitro benzene ring substituents is 1. The second kappa shape index (κ2) is 6.11. The van der Waals surface area contributed by atoms with Gasteiger partial charge in [-0.3, -0.25) is 14.9 Å². The van der Waals surface area contributed by atoms with Crippen LogP contribution in [0.1, 0.15) is 22.8 Å². The van der Waals surface area contributed by atoms with Gasteiger partial charge in [-0.25, -0.2) is 4.79 Å². The molecule has 0 aliphatic heterocycles. The van der Waals surface area contributed by atoms with E-state index in [-0.39, 0.29) is 5.56 Å². The third kappa shape index (κ3) is 3.51. The predicted molar refractivity (Wildman–Crippen MR) is 68.4 cm³/mol. The summed E-state index contributed by atoms with van der Waals surface area (Å²) in [4.78, 5) is 33.0. The lowest BCUT2D eigenvalue weighted by atomic mass is 10.1. The number of benzene rings is 1. The molecule has 0 aliphatic carbocycles. The summed E-state index contributed by atoms with van der Waals surface area (Å²) in [5.74, 6) is -2.35. The molecule has 0 aromatic heterocycles. The molecule has 1 rings (SSSR count). The van der Waals surface area contributed by atoms with Crippen LogP contribution in [0.3, 0.4) is 0 Å². The Morgan fingerprint density at radius 1 is 1.40 bits per heavy atom. The minimum atomic E-state index is -1.54. The van der Waals surface area contributed by atoms with E-state index in [2.05, 4.69) is 5.32 Å². The summed E-state index contributed by atoms with van der Waals surface area (Å²) >= 11 is 0. The van der Waals surface area contributed by atoms with Gasteiger partial charge in [-0.1, -0.05) is 6.07 Å². The van der Waals surface area contributed by atoms with Crippen LogP contribution in [0.25, 0.3) is 0 Å². The number of nitro groups is 1. The van der Waals surface area contributed by atoms with Crippen molar-refractivity contribution in [1.29, 1.82) is 0 Å². The van der Waals surface area contributed by atoms with Crippen molar-refractivity contribution in [3.63, 3.8) is 0 Å². The molecule has 20 heavy (non-hydrogen) atoms. The third-order valence-electron chi connectivity index (χ3n) is 2.63. The van der Waals surface area contributed by atoms with Crippen LogP contribution in [0.5, 0.6) is 0 Å². The Kier molecular flexibility index (Phi) is 4.76. The number of amides is 1. The number of rotatable bonds is 5. The highest BCUT2D eigenvalue weighted by atomic mass is 16.6. The monoisotopic (exact) mass is 282 g/mol. The fraction of sp³-hybridized carbons (Fsp3) is 0.333. The van der Waals surface area contributed by atoms with Gasteiger partial charge < -0.3 is 15.5 Å². The fourth-order valence-electron chi connectivity index (χ4n) is 1.60. The number of carboxylic acids is 1. The van der Waals surface area contributed by atoms with Gasteiger partial charge in [0.2, 0.25) is 0 Å². The largest absolute Gasteiger partial charge is 0.480 e. The van der Waals surface area contributed by atoms with Crippen molar-refractivity contribution in [3.05, 3.63) is 39.4 Å². The van der Waals surface area contributed by atoms with E-state index >= 15 is 0 Å². The smallest absolute Gasteiger partial charge is 0.328 e. The third-order valence-corrected chi connectivity index (χ3v) is 2.63. The molecule has 0 aliphatic rings. The molecule has 0 heterocycles. The molecule has 1 aromatic carbocycles. The van der Waals surface area contributed by atoms with Crippen LogP contribution < -0.4 is 5.32 Å². The van der Waals surface area contributed by atoms with E-state index in [1.54, 1.807) is 6.92 Å². The Morgan fingerprint density at radius 3 is 2.45 bits per heavy atom. The van der Waals surface area contributed by atoms with E-state index in [0.29, 0.717) is 5.56 Å². The number of nitrogens with one attached hydrogen (secondary N) is 1. The zero-order chi connectivity index (χ0) is 15.4. The average molecular weight is 282 g/mol. The van der Waals surface area contributed by atoms with Gasteiger partial charge in [0, 0.05) is 6.07 Å². The van der Waals surface area contributed by atoms with Crippen LogP contribution in [0.4, 0.5) is 5.69 Å². The van der Waals surface area contributed by atoms with Gasteiger partial charge in [-0.05, 0) is 25.5 Å². The number of aliphatic carboxylic acids is 1. The molecule has 108 valence electrons.